The van der Waals surface area contributed by atoms with Crippen molar-refractivity contribution >= 4 is 23.5 Å². The SMILES string of the molecule is CC1=C(C(=O)OCc2ccccc2)C(c2ccc(Cl)cc2)CC(=O)N1CC1CNC1. The van der Waals surface area contributed by atoms with Crippen molar-refractivity contribution in [2.45, 2.75) is 25.9 Å². The van der Waals surface area contributed by atoms with Gasteiger partial charge in [-0.3, -0.25) is 4.79 Å². The van der Waals surface area contributed by atoms with Crippen LogP contribution in [0.1, 0.15) is 30.4 Å². The quantitative estimate of drug-likeness (QED) is 0.714. The van der Waals surface area contributed by atoms with E-state index in [1.54, 1.807) is 17.0 Å². The third kappa shape index (κ3) is 4.42. The minimum atomic E-state index is -0.375. The van der Waals surface area contributed by atoms with Crippen molar-refractivity contribution in [2.24, 2.45) is 5.92 Å². The van der Waals surface area contributed by atoms with Crippen LogP contribution in [0.3, 0.4) is 0 Å². The van der Waals surface area contributed by atoms with Gasteiger partial charge in [-0.2, -0.15) is 0 Å². The zero-order valence-electron chi connectivity index (χ0n) is 16.9. The summed E-state index contributed by atoms with van der Waals surface area (Å²) in [5.41, 5.74) is 3.07. The molecule has 2 aromatic rings. The Kier molecular flexibility index (Phi) is 6.21. The summed E-state index contributed by atoms with van der Waals surface area (Å²) in [6.45, 7) is 4.47. The molecule has 6 heteroatoms. The van der Waals surface area contributed by atoms with Gasteiger partial charge < -0.3 is 15.0 Å². The summed E-state index contributed by atoms with van der Waals surface area (Å²) < 4.78 is 5.67. The Labute approximate surface area is 181 Å². The van der Waals surface area contributed by atoms with Crippen LogP contribution in [0, 0.1) is 5.92 Å². The van der Waals surface area contributed by atoms with Gasteiger partial charge in [-0.25, -0.2) is 4.79 Å². The van der Waals surface area contributed by atoms with Crippen LogP contribution in [0.15, 0.2) is 65.9 Å². The molecule has 0 aromatic heterocycles. The van der Waals surface area contributed by atoms with Crippen molar-refractivity contribution in [3.8, 4) is 0 Å². The fourth-order valence-electron chi connectivity index (χ4n) is 4.02. The predicted molar refractivity (Wildman–Crippen MR) is 116 cm³/mol. The number of carbonyl (C=O) groups is 2. The van der Waals surface area contributed by atoms with E-state index < -0.39 is 0 Å². The second-order valence-corrected chi connectivity index (χ2v) is 8.33. The van der Waals surface area contributed by atoms with Gasteiger partial charge in [0.15, 0.2) is 0 Å². The zero-order chi connectivity index (χ0) is 21.1. The molecule has 1 atom stereocenters. The summed E-state index contributed by atoms with van der Waals surface area (Å²) in [7, 11) is 0. The maximum atomic E-state index is 13.2. The normalized spacial score (nSPS) is 19.6. The Bertz CT molecular complexity index is 952. The molecule has 2 heterocycles. The number of hydrogen-bond acceptors (Lipinski definition) is 4. The number of halogens is 1. The largest absolute Gasteiger partial charge is 0.457 e. The first-order chi connectivity index (χ1) is 14.5. The Hall–Kier alpha value is -2.63. The number of ether oxygens (including phenoxy) is 1. The van der Waals surface area contributed by atoms with Crippen molar-refractivity contribution < 1.29 is 14.3 Å². The van der Waals surface area contributed by atoms with Gasteiger partial charge in [0, 0.05) is 48.6 Å². The Morgan fingerprint density at radius 1 is 1.13 bits per heavy atom. The molecule has 1 amide bonds. The summed E-state index contributed by atoms with van der Waals surface area (Å²) >= 11 is 6.04. The molecular formula is C24H25ClN2O3. The van der Waals surface area contributed by atoms with Crippen LogP contribution in [0.2, 0.25) is 5.02 Å². The van der Waals surface area contributed by atoms with Gasteiger partial charge in [0.1, 0.15) is 6.61 Å². The van der Waals surface area contributed by atoms with E-state index in [0.717, 1.165) is 24.2 Å². The Balaban J connectivity index is 1.63. The molecule has 0 aliphatic carbocycles. The third-order valence-electron chi connectivity index (χ3n) is 5.83. The van der Waals surface area contributed by atoms with Gasteiger partial charge in [-0.15, -0.1) is 0 Å². The number of hydrogen-bond donors (Lipinski definition) is 1. The molecule has 2 aliphatic rings. The predicted octanol–water partition coefficient (Wildman–Crippen LogP) is 3.89. The molecule has 1 fully saturated rings. The lowest BCUT2D eigenvalue weighted by atomic mass is 9.83. The third-order valence-corrected chi connectivity index (χ3v) is 6.09. The van der Waals surface area contributed by atoms with Crippen molar-refractivity contribution in [1.29, 1.82) is 0 Å². The van der Waals surface area contributed by atoms with Crippen LogP contribution in [0.5, 0.6) is 0 Å². The van der Waals surface area contributed by atoms with E-state index in [1.165, 1.54) is 0 Å². The monoisotopic (exact) mass is 424 g/mol. The molecule has 4 rings (SSSR count). The van der Waals surface area contributed by atoms with Crippen LogP contribution in [-0.4, -0.2) is 36.4 Å². The van der Waals surface area contributed by atoms with E-state index in [0.29, 0.717) is 28.8 Å². The maximum Gasteiger partial charge on any atom is 0.336 e. The smallest absolute Gasteiger partial charge is 0.336 e. The van der Waals surface area contributed by atoms with Crippen LogP contribution in [-0.2, 0) is 20.9 Å². The van der Waals surface area contributed by atoms with E-state index in [1.807, 2.05) is 49.4 Å². The number of nitrogens with one attached hydrogen (secondary N) is 1. The number of esters is 1. The van der Waals surface area contributed by atoms with Crippen molar-refractivity contribution in [3.05, 3.63) is 82.0 Å². The minimum absolute atomic E-state index is 0.0407. The highest BCUT2D eigenvalue weighted by Crippen LogP contribution is 2.38. The Morgan fingerprint density at radius 2 is 1.83 bits per heavy atom. The first-order valence-electron chi connectivity index (χ1n) is 10.2. The molecule has 5 nitrogen and oxygen atoms in total. The molecular weight excluding hydrogens is 400 g/mol. The number of rotatable bonds is 6. The molecule has 0 bridgehead atoms. The van der Waals surface area contributed by atoms with E-state index >= 15 is 0 Å². The topological polar surface area (TPSA) is 58.6 Å². The molecule has 0 spiro atoms. The van der Waals surface area contributed by atoms with Gasteiger partial charge >= 0.3 is 5.97 Å². The summed E-state index contributed by atoms with van der Waals surface area (Å²) in [5, 5.41) is 3.85. The summed E-state index contributed by atoms with van der Waals surface area (Å²) in [5.74, 6) is -0.258. The van der Waals surface area contributed by atoms with Crippen LogP contribution in [0.25, 0.3) is 0 Å². The van der Waals surface area contributed by atoms with E-state index in [-0.39, 0.29) is 30.8 Å². The van der Waals surface area contributed by atoms with E-state index in [9.17, 15) is 9.59 Å². The standard InChI is InChI=1S/C24H25ClN2O3/c1-16-23(24(29)30-15-17-5-3-2-4-6-17)21(19-7-9-20(25)10-8-19)11-22(28)27(16)14-18-12-26-13-18/h2-10,18,21,26H,11-15H2,1H3. The lowest BCUT2D eigenvalue weighted by Crippen LogP contribution is -2.50. The lowest BCUT2D eigenvalue weighted by molar-refractivity contribution is -0.141. The molecule has 1 saturated heterocycles. The molecule has 30 heavy (non-hydrogen) atoms. The van der Waals surface area contributed by atoms with Crippen molar-refractivity contribution in [3.63, 3.8) is 0 Å². The van der Waals surface area contributed by atoms with E-state index in [2.05, 4.69) is 5.32 Å². The molecule has 0 saturated carbocycles. The summed E-state index contributed by atoms with van der Waals surface area (Å²) in [6.07, 6.45) is 0.245. The average molecular weight is 425 g/mol. The van der Waals surface area contributed by atoms with Gasteiger partial charge in [-0.05, 0) is 30.2 Å². The van der Waals surface area contributed by atoms with E-state index in [4.69, 9.17) is 16.3 Å². The fourth-order valence-corrected chi connectivity index (χ4v) is 4.14. The lowest BCUT2D eigenvalue weighted by Gasteiger charge is -2.38. The van der Waals surface area contributed by atoms with Crippen molar-refractivity contribution in [1.82, 2.24) is 10.2 Å². The van der Waals surface area contributed by atoms with Crippen molar-refractivity contribution in [2.75, 3.05) is 19.6 Å². The maximum absolute atomic E-state index is 13.2. The number of amides is 1. The van der Waals surface area contributed by atoms with Gasteiger partial charge in [0.25, 0.3) is 0 Å². The molecule has 2 aromatic carbocycles. The number of carbonyl (C=O) groups excluding carboxylic acids is 2. The summed E-state index contributed by atoms with van der Waals surface area (Å²) in [4.78, 5) is 27.9. The van der Waals surface area contributed by atoms with Gasteiger partial charge in [0.05, 0.1) is 5.57 Å². The van der Waals surface area contributed by atoms with Crippen LogP contribution in [0.4, 0.5) is 0 Å². The first-order valence-corrected chi connectivity index (χ1v) is 10.6. The second-order valence-electron chi connectivity index (χ2n) is 7.90. The number of benzene rings is 2. The molecule has 2 aliphatic heterocycles. The molecule has 1 N–H and O–H groups in total. The minimum Gasteiger partial charge on any atom is -0.457 e. The van der Waals surface area contributed by atoms with Gasteiger partial charge in [-0.1, -0.05) is 54.1 Å². The number of nitrogens with zero attached hydrogens (tertiary/aromatic N) is 1. The van der Waals surface area contributed by atoms with Gasteiger partial charge in [0.2, 0.25) is 5.91 Å². The highest BCUT2D eigenvalue weighted by molar-refractivity contribution is 6.30. The number of allylic oxidation sites excluding steroid dienone is 1. The molecule has 0 radical (unpaired) electrons. The van der Waals surface area contributed by atoms with Crippen LogP contribution >= 0.6 is 11.6 Å². The average Bonchev–Trinajstić information content (AvgIpc) is 2.71. The highest BCUT2D eigenvalue weighted by Gasteiger charge is 2.38. The van der Waals surface area contributed by atoms with Crippen LogP contribution < -0.4 is 5.32 Å². The second kappa shape index (κ2) is 9.02. The Morgan fingerprint density at radius 3 is 2.47 bits per heavy atom. The highest BCUT2D eigenvalue weighted by atomic mass is 35.5. The molecule has 156 valence electrons. The zero-order valence-corrected chi connectivity index (χ0v) is 17.7. The molecule has 1 unspecified atom stereocenters. The summed E-state index contributed by atoms with van der Waals surface area (Å²) in [6, 6.07) is 16.9. The first kappa shape index (κ1) is 20.6. The fraction of sp³-hybridized carbons (Fsp3) is 0.333.